The van der Waals surface area contributed by atoms with Crippen molar-refractivity contribution in [3.63, 3.8) is 0 Å². The van der Waals surface area contributed by atoms with Gasteiger partial charge in [0, 0.05) is 18.0 Å². The van der Waals surface area contributed by atoms with E-state index in [1.807, 2.05) is 12.1 Å². The Morgan fingerprint density at radius 2 is 1.62 bits per heavy atom. The molecule has 0 aromatic heterocycles. The molecule has 0 aliphatic heterocycles. The zero-order valence-electron chi connectivity index (χ0n) is 15.3. The van der Waals surface area contributed by atoms with Crippen molar-refractivity contribution in [2.45, 2.75) is 18.3 Å². The highest BCUT2D eigenvalue weighted by Crippen LogP contribution is 2.47. The van der Waals surface area contributed by atoms with Crippen LogP contribution in [-0.2, 0) is 5.41 Å². The van der Waals surface area contributed by atoms with Crippen molar-refractivity contribution in [3.05, 3.63) is 48.0 Å². The zero-order chi connectivity index (χ0) is 18.6. The monoisotopic (exact) mass is 356 g/mol. The number of rotatable bonds is 7. The first-order valence-electron chi connectivity index (χ1n) is 8.51. The highest BCUT2D eigenvalue weighted by Gasteiger charge is 2.44. The Labute approximate surface area is 153 Å². The fourth-order valence-corrected chi connectivity index (χ4v) is 2.98. The number of hydrogen-bond donors (Lipinski definition) is 2. The summed E-state index contributed by atoms with van der Waals surface area (Å²) < 4.78 is 15.7. The van der Waals surface area contributed by atoms with Gasteiger partial charge in [0.15, 0.2) is 0 Å². The quantitative estimate of drug-likeness (QED) is 0.796. The predicted molar refractivity (Wildman–Crippen MR) is 100 cm³/mol. The van der Waals surface area contributed by atoms with E-state index in [9.17, 15) is 4.79 Å². The van der Waals surface area contributed by atoms with Crippen molar-refractivity contribution >= 4 is 11.7 Å². The molecule has 2 aromatic carbocycles. The molecule has 0 bridgehead atoms. The van der Waals surface area contributed by atoms with Crippen LogP contribution >= 0.6 is 0 Å². The Bertz CT molecular complexity index is 770. The minimum Gasteiger partial charge on any atom is -0.497 e. The zero-order valence-corrected chi connectivity index (χ0v) is 15.3. The normalized spacial score (nSPS) is 14.3. The SMILES string of the molecule is COc1ccc(C2(CNC(=O)Nc3ccc(OC)cc3OC)CC2)cc1. The number of hydrogen-bond acceptors (Lipinski definition) is 4. The number of ether oxygens (including phenoxy) is 3. The van der Waals surface area contributed by atoms with Crippen molar-refractivity contribution in [1.82, 2.24) is 5.32 Å². The number of benzene rings is 2. The van der Waals surface area contributed by atoms with Crippen LogP contribution in [0.4, 0.5) is 10.5 Å². The molecule has 26 heavy (non-hydrogen) atoms. The number of methoxy groups -OCH3 is 3. The largest absolute Gasteiger partial charge is 0.497 e. The fourth-order valence-electron chi connectivity index (χ4n) is 2.98. The second-order valence-corrected chi connectivity index (χ2v) is 6.38. The molecule has 0 heterocycles. The summed E-state index contributed by atoms with van der Waals surface area (Å²) in [5, 5.41) is 5.81. The molecule has 2 N–H and O–H groups in total. The summed E-state index contributed by atoms with van der Waals surface area (Å²) in [6.07, 6.45) is 2.12. The van der Waals surface area contributed by atoms with Gasteiger partial charge in [-0.05, 0) is 42.7 Å². The van der Waals surface area contributed by atoms with Crippen molar-refractivity contribution in [1.29, 1.82) is 0 Å². The van der Waals surface area contributed by atoms with E-state index in [0.29, 0.717) is 23.7 Å². The fraction of sp³-hybridized carbons (Fsp3) is 0.350. The maximum atomic E-state index is 12.3. The summed E-state index contributed by atoms with van der Waals surface area (Å²) in [6, 6.07) is 13.1. The van der Waals surface area contributed by atoms with Crippen molar-refractivity contribution < 1.29 is 19.0 Å². The molecule has 0 saturated heterocycles. The highest BCUT2D eigenvalue weighted by atomic mass is 16.5. The topological polar surface area (TPSA) is 68.8 Å². The van der Waals surface area contributed by atoms with Crippen molar-refractivity contribution in [3.8, 4) is 17.2 Å². The molecule has 1 saturated carbocycles. The summed E-state index contributed by atoms with van der Waals surface area (Å²) in [7, 11) is 4.80. The van der Waals surface area contributed by atoms with E-state index in [1.54, 1.807) is 39.5 Å². The number of nitrogens with one attached hydrogen (secondary N) is 2. The van der Waals surface area contributed by atoms with Gasteiger partial charge < -0.3 is 24.8 Å². The molecule has 0 spiro atoms. The minimum absolute atomic E-state index is 0.0214. The van der Waals surface area contributed by atoms with Crippen LogP contribution in [0.1, 0.15) is 18.4 Å². The minimum atomic E-state index is -0.256. The maximum absolute atomic E-state index is 12.3. The third kappa shape index (κ3) is 3.85. The van der Waals surface area contributed by atoms with Crippen LogP contribution in [0.25, 0.3) is 0 Å². The van der Waals surface area contributed by atoms with Gasteiger partial charge in [0.05, 0.1) is 27.0 Å². The predicted octanol–water partition coefficient (Wildman–Crippen LogP) is 3.57. The van der Waals surface area contributed by atoms with E-state index >= 15 is 0 Å². The smallest absolute Gasteiger partial charge is 0.319 e. The third-order valence-electron chi connectivity index (χ3n) is 4.80. The summed E-state index contributed by atoms with van der Waals surface area (Å²) in [4.78, 5) is 12.3. The van der Waals surface area contributed by atoms with Gasteiger partial charge in [-0.15, -0.1) is 0 Å². The molecule has 1 aliphatic rings. The average Bonchev–Trinajstić information content (AvgIpc) is 3.48. The van der Waals surface area contributed by atoms with E-state index in [0.717, 1.165) is 18.6 Å². The average molecular weight is 356 g/mol. The lowest BCUT2D eigenvalue weighted by molar-refractivity contribution is 0.251. The number of urea groups is 1. The van der Waals surface area contributed by atoms with E-state index in [1.165, 1.54) is 5.56 Å². The Morgan fingerprint density at radius 1 is 0.962 bits per heavy atom. The van der Waals surface area contributed by atoms with E-state index in [4.69, 9.17) is 14.2 Å². The Balaban J connectivity index is 1.60. The molecule has 2 amide bonds. The molecule has 2 aromatic rings. The van der Waals surface area contributed by atoms with Crippen LogP contribution < -0.4 is 24.8 Å². The van der Waals surface area contributed by atoms with Crippen LogP contribution in [0.2, 0.25) is 0 Å². The Kier molecular flexibility index (Phi) is 5.21. The first kappa shape index (κ1) is 17.9. The molecule has 6 heteroatoms. The van der Waals surface area contributed by atoms with Crippen molar-refractivity contribution in [2.24, 2.45) is 0 Å². The first-order chi connectivity index (χ1) is 12.6. The van der Waals surface area contributed by atoms with Gasteiger partial charge >= 0.3 is 6.03 Å². The molecular weight excluding hydrogens is 332 g/mol. The van der Waals surface area contributed by atoms with Gasteiger partial charge in [0.2, 0.25) is 0 Å². The van der Waals surface area contributed by atoms with Gasteiger partial charge in [-0.2, -0.15) is 0 Å². The van der Waals surface area contributed by atoms with E-state index in [-0.39, 0.29) is 11.4 Å². The molecule has 3 rings (SSSR count). The number of anilines is 1. The number of carbonyl (C=O) groups excluding carboxylic acids is 1. The maximum Gasteiger partial charge on any atom is 0.319 e. The van der Waals surface area contributed by atoms with E-state index < -0.39 is 0 Å². The summed E-state index contributed by atoms with van der Waals surface area (Å²) in [5.74, 6) is 2.06. The lowest BCUT2D eigenvalue weighted by Gasteiger charge is -2.18. The third-order valence-corrected chi connectivity index (χ3v) is 4.80. The second kappa shape index (κ2) is 7.56. The summed E-state index contributed by atoms with van der Waals surface area (Å²) >= 11 is 0. The number of amides is 2. The van der Waals surface area contributed by atoms with Crippen LogP contribution in [0.5, 0.6) is 17.2 Å². The summed E-state index contributed by atoms with van der Waals surface area (Å²) in [5.41, 5.74) is 1.84. The highest BCUT2D eigenvalue weighted by molar-refractivity contribution is 5.91. The molecule has 1 aliphatic carbocycles. The molecule has 6 nitrogen and oxygen atoms in total. The van der Waals surface area contributed by atoms with Gasteiger partial charge in [0.25, 0.3) is 0 Å². The first-order valence-corrected chi connectivity index (χ1v) is 8.51. The Hall–Kier alpha value is -2.89. The number of carbonyl (C=O) groups is 1. The summed E-state index contributed by atoms with van der Waals surface area (Å²) in [6.45, 7) is 0.587. The van der Waals surface area contributed by atoms with Crippen LogP contribution in [-0.4, -0.2) is 33.9 Å². The molecule has 1 fully saturated rings. The Morgan fingerprint density at radius 3 is 2.19 bits per heavy atom. The van der Waals surface area contributed by atoms with Gasteiger partial charge in [-0.1, -0.05) is 12.1 Å². The molecule has 138 valence electrons. The molecular formula is C20H24N2O4. The van der Waals surface area contributed by atoms with Crippen LogP contribution in [0.3, 0.4) is 0 Å². The lowest BCUT2D eigenvalue weighted by Crippen LogP contribution is -2.35. The molecule has 0 atom stereocenters. The van der Waals surface area contributed by atoms with E-state index in [2.05, 4.69) is 22.8 Å². The molecule has 0 radical (unpaired) electrons. The van der Waals surface area contributed by atoms with Crippen LogP contribution in [0, 0.1) is 0 Å². The standard InChI is InChI=1S/C20H24N2O4/c1-24-15-6-4-14(5-7-15)20(10-11-20)13-21-19(23)22-17-9-8-16(25-2)12-18(17)26-3/h4-9,12H,10-11,13H2,1-3H3,(H2,21,22,23). The van der Waals surface area contributed by atoms with Gasteiger partial charge in [-0.25, -0.2) is 4.79 Å². The lowest BCUT2D eigenvalue weighted by atomic mass is 9.96. The van der Waals surface area contributed by atoms with Crippen molar-refractivity contribution in [2.75, 3.05) is 33.2 Å². The second-order valence-electron chi connectivity index (χ2n) is 6.38. The van der Waals surface area contributed by atoms with Gasteiger partial charge in [-0.3, -0.25) is 0 Å². The van der Waals surface area contributed by atoms with Gasteiger partial charge in [0.1, 0.15) is 17.2 Å². The van der Waals surface area contributed by atoms with Crippen LogP contribution in [0.15, 0.2) is 42.5 Å². The molecule has 0 unspecified atom stereocenters.